The fourth-order valence-electron chi connectivity index (χ4n) is 1.59. The summed E-state index contributed by atoms with van der Waals surface area (Å²) in [5, 5.41) is 3.72. The lowest BCUT2D eigenvalue weighted by Gasteiger charge is -2.06. The third-order valence-electron chi connectivity index (χ3n) is 2.47. The number of hydrogen-bond acceptors (Lipinski definition) is 4. The largest absolute Gasteiger partial charge is 0.289 e. The van der Waals surface area contributed by atoms with Crippen LogP contribution >= 0.6 is 0 Å². The molecular formula is C15H12N2O2. The summed E-state index contributed by atoms with van der Waals surface area (Å²) in [5.41, 5.74) is 3.68. The van der Waals surface area contributed by atoms with Gasteiger partial charge in [-0.15, -0.1) is 0 Å². The minimum atomic E-state index is -0.0924. The summed E-state index contributed by atoms with van der Waals surface area (Å²) in [7, 11) is 0. The van der Waals surface area contributed by atoms with Gasteiger partial charge in [0, 0.05) is 23.5 Å². The average Bonchev–Trinajstić information content (AvgIpc) is 2.76. The Balaban J connectivity index is 0.000000163. The molecule has 19 heavy (non-hydrogen) atoms. The van der Waals surface area contributed by atoms with E-state index in [0.717, 1.165) is 0 Å². The van der Waals surface area contributed by atoms with Crippen molar-refractivity contribution in [3.05, 3.63) is 72.0 Å². The Kier molecular flexibility index (Phi) is 4.18. The Bertz CT molecular complexity index is 559. The van der Waals surface area contributed by atoms with Crippen LogP contribution in [0, 0.1) is 0 Å². The summed E-state index contributed by atoms with van der Waals surface area (Å²) in [6, 6.07) is 6.84. The fourth-order valence-corrected chi connectivity index (χ4v) is 1.59. The van der Waals surface area contributed by atoms with Gasteiger partial charge < -0.3 is 0 Å². The van der Waals surface area contributed by atoms with Crippen molar-refractivity contribution in [2.75, 3.05) is 0 Å². The number of benzene rings is 1. The van der Waals surface area contributed by atoms with E-state index in [4.69, 9.17) is 0 Å². The maximum absolute atomic E-state index is 11.2. The van der Waals surface area contributed by atoms with E-state index >= 15 is 0 Å². The maximum Gasteiger partial charge on any atom is 0.186 e. The molecule has 1 N–H and O–H groups in total. The highest BCUT2D eigenvalue weighted by Gasteiger charge is 2.16. The predicted octanol–water partition coefficient (Wildman–Crippen LogP) is 2.27. The van der Waals surface area contributed by atoms with Crippen molar-refractivity contribution in [3.63, 3.8) is 0 Å². The van der Waals surface area contributed by atoms with Crippen molar-refractivity contribution in [1.82, 2.24) is 5.43 Å². The van der Waals surface area contributed by atoms with Crippen molar-refractivity contribution < 1.29 is 9.59 Å². The number of hydrazone groups is 1. The molecule has 2 aliphatic rings. The van der Waals surface area contributed by atoms with Crippen LogP contribution in [0.4, 0.5) is 0 Å². The molecule has 4 heteroatoms. The summed E-state index contributed by atoms with van der Waals surface area (Å²) in [4.78, 5) is 22.4. The minimum absolute atomic E-state index is 0.0924. The molecule has 1 aliphatic carbocycles. The van der Waals surface area contributed by atoms with Gasteiger partial charge in [0.2, 0.25) is 0 Å². The van der Waals surface area contributed by atoms with E-state index in [9.17, 15) is 9.59 Å². The molecule has 0 spiro atoms. The lowest BCUT2D eigenvalue weighted by Crippen LogP contribution is -2.10. The van der Waals surface area contributed by atoms with Crippen LogP contribution in [-0.4, -0.2) is 17.8 Å². The van der Waals surface area contributed by atoms with Gasteiger partial charge in [-0.05, 0) is 24.3 Å². The van der Waals surface area contributed by atoms with Crippen LogP contribution in [0.1, 0.15) is 20.7 Å². The van der Waals surface area contributed by atoms with Gasteiger partial charge in [0.05, 0.1) is 0 Å². The van der Waals surface area contributed by atoms with Crippen molar-refractivity contribution in [1.29, 1.82) is 0 Å². The van der Waals surface area contributed by atoms with E-state index in [2.05, 4.69) is 10.5 Å². The van der Waals surface area contributed by atoms with Crippen molar-refractivity contribution in [2.24, 2.45) is 5.10 Å². The number of carbonyl (C=O) groups is 2. The molecule has 0 radical (unpaired) electrons. The van der Waals surface area contributed by atoms with Gasteiger partial charge in [0.1, 0.15) is 0 Å². The summed E-state index contributed by atoms with van der Waals surface area (Å²) in [5.74, 6) is -0.185. The Morgan fingerprint density at radius 1 is 0.842 bits per heavy atom. The van der Waals surface area contributed by atoms with Gasteiger partial charge in [-0.2, -0.15) is 5.10 Å². The van der Waals surface area contributed by atoms with E-state index in [1.807, 2.05) is 18.2 Å². The molecule has 0 unspecified atom stereocenters. The Morgan fingerprint density at radius 3 is 2.11 bits per heavy atom. The molecule has 1 heterocycles. The number of rotatable bonds is 0. The molecule has 1 aromatic rings. The molecule has 0 saturated carbocycles. The summed E-state index contributed by atoms with van der Waals surface area (Å²) >= 11 is 0. The number of nitrogens with one attached hydrogen (secondary N) is 1. The zero-order valence-electron chi connectivity index (χ0n) is 10.1. The van der Waals surface area contributed by atoms with Gasteiger partial charge in [-0.3, -0.25) is 15.0 Å². The predicted molar refractivity (Wildman–Crippen MR) is 74.2 cm³/mol. The second kappa shape index (κ2) is 6.26. The zero-order chi connectivity index (χ0) is 13.5. The standard InChI is InChI=1S/C10H6O2.C5H6N2/c11-9-5-6-10(12)8-4-2-1-3-7(8)9;1-2-4-6-7-5-3-1/h1-6H;1-6H. The molecule has 0 fully saturated rings. The molecule has 0 amide bonds. The van der Waals surface area contributed by atoms with Gasteiger partial charge >= 0.3 is 0 Å². The van der Waals surface area contributed by atoms with Crippen LogP contribution in [0.2, 0.25) is 0 Å². The fraction of sp³-hybridized carbons (Fsp3) is 0. The van der Waals surface area contributed by atoms with Crippen molar-refractivity contribution in [3.8, 4) is 0 Å². The number of hydrogen-bond donors (Lipinski definition) is 1. The summed E-state index contributed by atoms with van der Waals surface area (Å²) in [6.45, 7) is 0. The monoisotopic (exact) mass is 252 g/mol. The number of nitrogens with zero attached hydrogens (tertiary/aromatic N) is 1. The number of allylic oxidation sites excluding steroid dienone is 5. The van der Waals surface area contributed by atoms with E-state index in [1.165, 1.54) is 12.2 Å². The van der Waals surface area contributed by atoms with Gasteiger partial charge in [0.25, 0.3) is 0 Å². The molecule has 0 atom stereocenters. The molecule has 1 aliphatic heterocycles. The second-order valence-corrected chi connectivity index (χ2v) is 3.76. The van der Waals surface area contributed by atoms with Crippen LogP contribution in [0.15, 0.2) is 65.9 Å². The van der Waals surface area contributed by atoms with E-state index in [-0.39, 0.29) is 11.6 Å². The molecule has 0 bridgehead atoms. The topological polar surface area (TPSA) is 58.5 Å². The van der Waals surface area contributed by atoms with Crippen LogP contribution in [0.5, 0.6) is 0 Å². The van der Waals surface area contributed by atoms with Crippen LogP contribution in [0.25, 0.3) is 0 Å². The van der Waals surface area contributed by atoms with Crippen LogP contribution < -0.4 is 5.43 Å². The molecule has 1 aromatic carbocycles. The highest BCUT2D eigenvalue weighted by atomic mass is 16.1. The lowest BCUT2D eigenvalue weighted by molar-refractivity contribution is 0.0994. The molecule has 0 aromatic heterocycles. The third kappa shape index (κ3) is 3.35. The van der Waals surface area contributed by atoms with E-state index in [1.54, 1.807) is 36.7 Å². The normalized spacial score (nSPS) is 15.2. The van der Waals surface area contributed by atoms with Crippen LogP contribution in [0.3, 0.4) is 0 Å². The Hall–Kier alpha value is -2.75. The quantitative estimate of drug-likeness (QED) is 0.770. The SMILES string of the molecule is C1=CC=NNC=C1.O=C1C=CC(=O)c2ccccc21. The Labute approximate surface area is 110 Å². The molecule has 94 valence electrons. The zero-order valence-corrected chi connectivity index (χ0v) is 10.1. The van der Waals surface area contributed by atoms with Gasteiger partial charge in [-0.25, -0.2) is 0 Å². The first kappa shape index (κ1) is 12.7. The first-order chi connectivity index (χ1) is 9.29. The van der Waals surface area contributed by atoms with Crippen molar-refractivity contribution in [2.45, 2.75) is 0 Å². The summed E-state index contributed by atoms with van der Waals surface area (Å²) < 4.78 is 0. The summed E-state index contributed by atoms with van der Waals surface area (Å²) in [6.07, 6.45) is 11.7. The molecular weight excluding hydrogens is 240 g/mol. The maximum atomic E-state index is 11.2. The van der Waals surface area contributed by atoms with E-state index < -0.39 is 0 Å². The highest BCUT2D eigenvalue weighted by molar-refractivity contribution is 6.21. The minimum Gasteiger partial charge on any atom is -0.289 e. The van der Waals surface area contributed by atoms with Gasteiger partial charge in [-0.1, -0.05) is 30.3 Å². The average molecular weight is 252 g/mol. The van der Waals surface area contributed by atoms with E-state index in [0.29, 0.717) is 11.1 Å². The lowest BCUT2D eigenvalue weighted by atomic mass is 9.95. The van der Waals surface area contributed by atoms with Gasteiger partial charge in [0.15, 0.2) is 11.6 Å². The Morgan fingerprint density at radius 2 is 1.47 bits per heavy atom. The number of carbonyl (C=O) groups excluding carboxylic acids is 2. The third-order valence-corrected chi connectivity index (χ3v) is 2.47. The number of ketones is 2. The molecule has 4 nitrogen and oxygen atoms in total. The van der Waals surface area contributed by atoms with Crippen molar-refractivity contribution >= 4 is 17.8 Å². The smallest absolute Gasteiger partial charge is 0.186 e. The number of fused-ring (bicyclic) bond motifs is 1. The highest BCUT2D eigenvalue weighted by Crippen LogP contribution is 2.15. The van der Waals surface area contributed by atoms with Crippen LogP contribution in [-0.2, 0) is 0 Å². The first-order valence-electron chi connectivity index (χ1n) is 5.75. The molecule has 3 rings (SSSR count). The molecule has 0 saturated heterocycles. The first-order valence-corrected chi connectivity index (χ1v) is 5.75. The second-order valence-electron chi connectivity index (χ2n) is 3.76.